The number of carbonyl (C=O) groups is 2. The number of nitrogens with zero attached hydrogens (tertiary/aromatic N) is 3. The Morgan fingerprint density at radius 3 is 2.55 bits per heavy atom. The second kappa shape index (κ2) is 10.3. The summed E-state index contributed by atoms with van der Waals surface area (Å²) in [4.78, 5) is 28.5. The minimum atomic E-state index is -1.00. The number of hydrogen-bond donors (Lipinski definition) is 2. The Morgan fingerprint density at radius 1 is 1.05 bits per heavy atom. The van der Waals surface area contributed by atoms with Gasteiger partial charge in [0.05, 0.1) is 24.3 Å². The molecule has 1 amide bonds. The molecule has 2 heterocycles. The molecule has 0 radical (unpaired) electrons. The third kappa shape index (κ3) is 4.56. The van der Waals surface area contributed by atoms with Crippen molar-refractivity contribution in [1.82, 2.24) is 15.1 Å². The van der Waals surface area contributed by atoms with E-state index < -0.39 is 5.60 Å². The molecule has 6 rings (SSSR count). The number of carbonyl (C=O) groups excluding carboxylic acids is 2. The van der Waals surface area contributed by atoms with Crippen LogP contribution in [0, 0.1) is 40.4 Å². The predicted octanol–water partition coefficient (Wildman–Crippen LogP) is 4.82. The molecule has 1 aliphatic heterocycles. The van der Waals surface area contributed by atoms with Gasteiger partial charge in [-0.25, -0.2) is 0 Å². The van der Waals surface area contributed by atoms with E-state index in [4.69, 9.17) is 0 Å². The van der Waals surface area contributed by atoms with Crippen LogP contribution in [0.1, 0.15) is 97.0 Å². The summed E-state index contributed by atoms with van der Waals surface area (Å²) in [5, 5.41) is 29.1. The molecule has 2 N–H and O–H groups in total. The SMILES string of the molecule is C[C@@H](C(=O)CC(=O)N1CCC(O)(c2ccnnc2)CC1)[C@H]1CC[C@H]2[C@@H]3CC=C4C[C@@H](O)CC[C@]4(C)[C@H]3CC[C@@]12C. The number of amides is 1. The summed E-state index contributed by atoms with van der Waals surface area (Å²) in [5.41, 5.74) is 1.61. The van der Waals surface area contributed by atoms with Crippen LogP contribution in [-0.4, -0.2) is 56.2 Å². The van der Waals surface area contributed by atoms with Crippen molar-refractivity contribution in [1.29, 1.82) is 0 Å². The minimum absolute atomic E-state index is 0.0355. The van der Waals surface area contributed by atoms with E-state index >= 15 is 0 Å². The van der Waals surface area contributed by atoms with Gasteiger partial charge >= 0.3 is 0 Å². The Kier molecular flexibility index (Phi) is 7.22. The Balaban J connectivity index is 1.08. The number of aromatic nitrogens is 2. The van der Waals surface area contributed by atoms with Gasteiger partial charge in [0, 0.05) is 30.8 Å². The number of fused-ring (bicyclic) bond motifs is 5. The zero-order valence-corrected chi connectivity index (χ0v) is 24.5. The van der Waals surface area contributed by atoms with Crippen LogP contribution in [0.4, 0.5) is 0 Å². The number of aliphatic hydroxyl groups excluding tert-OH is 1. The van der Waals surface area contributed by atoms with Crippen molar-refractivity contribution in [3.8, 4) is 0 Å². The zero-order chi connectivity index (χ0) is 28.3. The molecule has 1 aromatic rings. The maximum Gasteiger partial charge on any atom is 0.230 e. The largest absolute Gasteiger partial charge is 0.393 e. The van der Waals surface area contributed by atoms with Gasteiger partial charge < -0.3 is 15.1 Å². The zero-order valence-electron chi connectivity index (χ0n) is 24.5. The fourth-order valence-electron chi connectivity index (χ4n) is 10.1. The monoisotopic (exact) mass is 549 g/mol. The molecule has 0 unspecified atom stereocenters. The lowest BCUT2D eigenvalue weighted by molar-refractivity contribution is -0.141. The van der Waals surface area contributed by atoms with E-state index in [1.807, 2.05) is 0 Å². The van der Waals surface area contributed by atoms with Crippen molar-refractivity contribution >= 4 is 11.7 Å². The fourth-order valence-corrected chi connectivity index (χ4v) is 10.1. The third-order valence-corrected chi connectivity index (χ3v) is 12.7. The lowest BCUT2D eigenvalue weighted by atomic mass is 9.47. The Hall–Kier alpha value is -2.12. The lowest BCUT2D eigenvalue weighted by Crippen LogP contribution is -2.51. The molecule has 40 heavy (non-hydrogen) atoms. The predicted molar refractivity (Wildman–Crippen MR) is 152 cm³/mol. The van der Waals surface area contributed by atoms with Crippen molar-refractivity contribution in [3.63, 3.8) is 0 Å². The van der Waals surface area contributed by atoms with Crippen LogP contribution in [0.2, 0.25) is 0 Å². The van der Waals surface area contributed by atoms with Crippen molar-refractivity contribution in [2.24, 2.45) is 40.4 Å². The van der Waals surface area contributed by atoms with Crippen LogP contribution in [0.15, 0.2) is 30.1 Å². The highest BCUT2D eigenvalue weighted by Gasteiger charge is 2.59. The standard InChI is InChI=1S/C33H47N3O4/c1-21(29(38)19-30(39)36-16-13-33(40,14-17-36)23-10-15-34-35-20-23)26-6-7-27-25-5-4-22-18-24(37)8-11-31(22,2)28(25)9-12-32(26,27)3/h4,10,15,20-21,24-28,37,40H,5-9,11-14,16-19H2,1-3H3/t21-,24+,25+,26-,27+,28+,31+,32+/m1/s1. The van der Waals surface area contributed by atoms with Crippen molar-refractivity contribution < 1.29 is 19.8 Å². The lowest BCUT2D eigenvalue weighted by Gasteiger charge is -2.58. The molecule has 5 aliphatic rings. The summed E-state index contributed by atoms with van der Waals surface area (Å²) in [5.74, 6) is 2.17. The molecule has 3 saturated carbocycles. The molecule has 218 valence electrons. The summed E-state index contributed by atoms with van der Waals surface area (Å²) < 4.78 is 0. The highest BCUT2D eigenvalue weighted by Crippen LogP contribution is 2.67. The first-order chi connectivity index (χ1) is 19.0. The van der Waals surface area contributed by atoms with Gasteiger partial charge in [-0.05, 0) is 105 Å². The van der Waals surface area contributed by atoms with E-state index in [2.05, 4.69) is 37.0 Å². The molecular weight excluding hydrogens is 502 g/mol. The van der Waals surface area contributed by atoms with Gasteiger partial charge in [-0.2, -0.15) is 10.2 Å². The second-order valence-corrected chi connectivity index (χ2v) is 14.4. The van der Waals surface area contributed by atoms with E-state index in [1.165, 1.54) is 18.4 Å². The van der Waals surface area contributed by atoms with Gasteiger partial charge in [0.2, 0.25) is 5.91 Å². The third-order valence-electron chi connectivity index (χ3n) is 12.7. The smallest absolute Gasteiger partial charge is 0.230 e. The number of allylic oxidation sites excluding steroid dienone is 1. The Labute approximate surface area is 238 Å². The van der Waals surface area contributed by atoms with Crippen LogP contribution in [0.3, 0.4) is 0 Å². The highest BCUT2D eigenvalue weighted by atomic mass is 16.3. The number of aliphatic hydroxyl groups is 2. The molecule has 4 fully saturated rings. The maximum atomic E-state index is 13.6. The number of piperidine rings is 1. The van der Waals surface area contributed by atoms with Crippen LogP contribution in [-0.2, 0) is 15.2 Å². The van der Waals surface area contributed by atoms with Crippen LogP contribution >= 0.6 is 0 Å². The first kappa shape index (κ1) is 28.0. The van der Waals surface area contributed by atoms with E-state index in [9.17, 15) is 19.8 Å². The number of rotatable bonds is 5. The van der Waals surface area contributed by atoms with Gasteiger partial charge in [0.15, 0.2) is 0 Å². The molecule has 4 aliphatic carbocycles. The van der Waals surface area contributed by atoms with Crippen LogP contribution in [0.5, 0.6) is 0 Å². The summed E-state index contributed by atoms with van der Waals surface area (Å²) in [6, 6.07) is 1.78. The molecule has 0 aromatic carbocycles. The fraction of sp³-hybridized carbons (Fsp3) is 0.758. The van der Waals surface area contributed by atoms with Crippen LogP contribution < -0.4 is 0 Å². The van der Waals surface area contributed by atoms with Crippen molar-refractivity contribution in [2.75, 3.05) is 13.1 Å². The van der Waals surface area contributed by atoms with Gasteiger partial charge in [0.1, 0.15) is 5.78 Å². The average molecular weight is 550 g/mol. The van der Waals surface area contributed by atoms with Crippen molar-refractivity contribution in [3.05, 3.63) is 35.7 Å². The molecule has 7 nitrogen and oxygen atoms in total. The summed E-state index contributed by atoms with van der Waals surface area (Å²) in [6.45, 7) is 7.87. The number of likely N-dealkylation sites (tertiary alicyclic amines) is 1. The summed E-state index contributed by atoms with van der Waals surface area (Å²) >= 11 is 0. The molecular formula is C33H47N3O4. The Bertz CT molecular complexity index is 1160. The van der Waals surface area contributed by atoms with Gasteiger partial charge in [-0.15, -0.1) is 0 Å². The van der Waals surface area contributed by atoms with E-state index in [0.29, 0.717) is 49.6 Å². The summed E-state index contributed by atoms with van der Waals surface area (Å²) in [6.07, 6.45) is 14.9. The minimum Gasteiger partial charge on any atom is -0.393 e. The molecule has 1 aromatic heterocycles. The quantitative estimate of drug-likeness (QED) is 0.403. The van der Waals surface area contributed by atoms with E-state index in [1.54, 1.807) is 23.4 Å². The number of hydrogen-bond acceptors (Lipinski definition) is 6. The molecule has 0 bridgehead atoms. The normalized spacial score (nSPS) is 39.4. The molecule has 0 spiro atoms. The summed E-state index contributed by atoms with van der Waals surface area (Å²) in [7, 11) is 0. The topological polar surface area (TPSA) is 104 Å². The number of Topliss-reactive ketones (excluding diaryl/α,β-unsaturated/α-hetero) is 1. The van der Waals surface area contributed by atoms with E-state index in [0.717, 1.165) is 44.1 Å². The highest BCUT2D eigenvalue weighted by molar-refractivity contribution is 5.99. The van der Waals surface area contributed by atoms with Gasteiger partial charge in [-0.1, -0.05) is 32.4 Å². The first-order valence-corrected chi connectivity index (χ1v) is 15.7. The van der Waals surface area contributed by atoms with E-state index in [-0.39, 0.29) is 41.0 Å². The second-order valence-electron chi connectivity index (χ2n) is 14.4. The Morgan fingerprint density at radius 2 is 1.82 bits per heavy atom. The maximum absolute atomic E-state index is 13.6. The molecule has 7 heteroatoms. The van der Waals surface area contributed by atoms with Crippen LogP contribution in [0.25, 0.3) is 0 Å². The van der Waals surface area contributed by atoms with Crippen molar-refractivity contribution in [2.45, 2.75) is 103 Å². The van der Waals surface area contributed by atoms with Gasteiger partial charge in [0.25, 0.3) is 0 Å². The molecule has 8 atom stereocenters. The molecule has 1 saturated heterocycles. The first-order valence-electron chi connectivity index (χ1n) is 15.7. The number of ketones is 1. The average Bonchev–Trinajstić information content (AvgIpc) is 3.31. The van der Waals surface area contributed by atoms with Gasteiger partial charge in [-0.3, -0.25) is 9.59 Å².